The van der Waals surface area contributed by atoms with Crippen LogP contribution in [0.4, 0.5) is 13.2 Å². The second-order valence-corrected chi connectivity index (χ2v) is 6.78. The largest absolute Gasteiger partial charge is 0.484 e. The van der Waals surface area contributed by atoms with Crippen LogP contribution in [0.15, 0.2) is 29.3 Å². The van der Waals surface area contributed by atoms with Crippen LogP contribution < -0.4 is 15.4 Å². The van der Waals surface area contributed by atoms with Gasteiger partial charge in [-0.05, 0) is 44.0 Å². The molecule has 0 amide bonds. The third-order valence-corrected chi connectivity index (χ3v) is 4.64. The molecule has 27 heavy (non-hydrogen) atoms. The maximum atomic E-state index is 12.2. The molecule has 1 unspecified atom stereocenters. The number of benzene rings is 1. The summed E-state index contributed by atoms with van der Waals surface area (Å²) in [5.41, 5.74) is 0.932. The molecule has 0 aromatic heterocycles. The van der Waals surface area contributed by atoms with E-state index in [-0.39, 0.29) is 5.75 Å². The van der Waals surface area contributed by atoms with Gasteiger partial charge in [0.15, 0.2) is 12.6 Å². The van der Waals surface area contributed by atoms with E-state index >= 15 is 0 Å². The average molecular weight is 386 g/mol. The Morgan fingerprint density at radius 2 is 1.96 bits per heavy atom. The summed E-state index contributed by atoms with van der Waals surface area (Å²) in [5.74, 6) is 0.909. The van der Waals surface area contributed by atoms with E-state index < -0.39 is 12.8 Å². The first-order chi connectivity index (χ1) is 12.9. The number of nitrogens with one attached hydrogen (secondary N) is 2. The van der Waals surface area contributed by atoms with Crippen molar-refractivity contribution in [1.29, 1.82) is 0 Å². The number of guanidine groups is 1. The maximum absolute atomic E-state index is 12.2. The lowest BCUT2D eigenvalue weighted by Gasteiger charge is -2.33. The molecule has 8 heteroatoms. The summed E-state index contributed by atoms with van der Waals surface area (Å²) < 4.78 is 41.2. The lowest BCUT2D eigenvalue weighted by Crippen LogP contribution is -2.45. The van der Waals surface area contributed by atoms with E-state index in [1.54, 1.807) is 19.2 Å². The van der Waals surface area contributed by atoms with Gasteiger partial charge >= 0.3 is 6.18 Å². The van der Waals surface area contributed by atoms with Crippen molar-refractivity contribution >= 4 is 5.96 Å². The molecule has 1 aromatic rings. The molecule has 1 aliphatic rings. The Hall–Kier alpha value is -1.96. The first kappa shape index (κ1) is 21.3. The van der Waals surface area contributed by atoms with Crippen LogP contribution in [-0.4, -0.2) is 56.4 Å². The highest BCUT2D eigenvalue weighted by molar-refractivity contribution is 5.79. The minimum absolute atomic E-state index is 0.203. The number of likely N-dealkylation sites (tertiary alicyclic amines) is 1. The fourth-order valence-corrected chi connectivity index (χ4v) is 3.08. The van der Waals surface area contributed by atoms with E-state index in [1.807, 2.05) is 0 Å². The first-order valence-electron chi connectivity index (χ1n) is 9.34. The van der Waals surface area contributed by atoms with E-state index in [0.29, 0.717) is 18.5 Å². The van der Waals surface area contributed by atoms with Crippen molar-refractivity contribution in [3.63, 3.8) is 0 Å². The molecule has 5 nitrogen and oxygen atoms in total. The summed E-state index contributed by atoms with van der Waals surface area (Å²) in [4.78, 5) is 6.69. The summed E-state index contributed by atoms with van der Waals surface area (Å²) in [5, 5.41) is 6.51. The van der Waals surface area contributed by atoms with Crippen LogP contribution >= 0.6 is 0 Å². The van der Waals surface area contributed by atoms with Crippen molar-refractivity contribution < 1.29 is 17.9 Å². The Balaban J connectivity index is 1.70. The summed E-state index contributed by atoms with van der Waals surface area (Å²) in [6, 6.07) is 7.18. The van der Waals surface area contributed by atoms with E-state index in [2.05, 4.69) is 27.4 Å². The van der Waals surface area contributed by atoms with Crippen LogP contribution in [0.2, 0.25) is 0 Å². The van der Waals surface area contributed by atoms with Crippen molar-refractivity contribution in [2.45, 2.75) is 44.9 Å². The quantitative estimate of drug-likeness (QED) is 0.558. The molecule has 2 N–H and O–H groups in total. The van der Waals surface area contributed by atoms with Gasteiger partial charge in [0.1, 0.15) is 5.75 Å². The highest BCUT2D eigenvalue weighted by atomic mass is 19.4. The highest BCUT2D eigenvalue weighted by Gasteiger charge is 2.28. The van der Waals surface area contributed by atoms with Gasteiger partial charge in [-0.3, -0.25) is 9.89 Å². The number of ether oxygens (including phenoxy) is 1. The standard InChI is InChI=1S/C19H29F3N4O/c1-15-5-3-4-11-26(15)12-10-24-18(23-2)25-13-16-6-8-17(9-7-16)27-14-19(20,21)22/h6-9,15H,3-5,10-14H2,1-2H3,(H2,23,24,25). The van der Waals surface area contributed by atoms with Gasteiger partial charge in [0.2, 0.25) is 0 Å². The Kier molecular flexibility index (Phi) is 8.22. The predicted octanol–water partition coefficient (Wildman–Crippen LogP) is 3.17. The van der Waals surface area contributed by atoms with Crippen LogP contribution in [0, 0.1) is 0 Å². The second-order valence-electron chi connectivity index (χ2n) is 6.78. The third-order valence-electron chi connectivity index (χ3n) is 4.64. The summed E-state index contributed by atoms with van der Waals surface area (Å²) in [6.45, 7) is 4.46. The molecule has 0 spiro atoms. The molecule has 1 aromatic carbocycles. The number of piperidine rings is 1. The number of aliphatic imine (C=N–C) groups is 1. The number of hydrogen-bond acceptors (Lipinski definition) is 3. The van der Waals surface area contributed by atoms with E-state index in [4.69, 9.17) is 4.74 Å². The second kappa shape index (κ2) is 10.4. The Morgan fingerprint density at radius 3 is 2.59 bits per heavy atom. The lowest BCUT2D eigenvalue weighted by atomic mass is 10.0. The van der Waals surface area contributed by atoms with E-state index in [1.165, 1.54) is 31.4 Å². The third kappa shape index (κ3) is 8.07. The van der Waals surface area contributed by atoms with Gasteiger partial charge in [-0.25, -0.2) is 0 Å². The molecule has 1 atom stereocenters. The Labute approximate surface area is 159 Å². The van der Waals surface area contributed by atoms with Gasteiger partial charge < -0.3 is 15.4 Å². The number of hydrogen-bond donors (Lipinski definition) is 2. The van der Waals surface area contributed by atoms with Crippen molar-refractivity contribution in [2.75, 3.05) is 33.3 Å². The fraction of sp³-hybridized carbons (Fsp3) is 0.632. The van der Waals surface area contributed by atoms with Crippen molar-refractivity contribution in [2.24, 2.45) is 4.99 Å². The molecule has 0 aliphatic carbocycles. The number of nitrogens with zero attached hydrogens (tertiary/aromatic N) is 2. The molecule has 0 bridgehead atoms. The molecular weight excluding hydrogens is 357 g/mol. The zero-order valence-corrected chi connectivity index (χ0v) is 16.0. The number of halogens is 3. The summed E-state index contributed by atoms with van der Waals surface area (Å²) in [7, 11) is 1.72. The normalized spacial score (nSPS) is 19.0. The van der Waals surface area contributed by atoms with Gasteiger partial charge in [0.05, 0.1) is 0 Å². The first-order valence-corrected chi connectivity index (χ1v) is 9.34. The van der Waals surface area contributed by atoms with Gasteiger partial charge in [-0.2, -0.15) is 13.2 Å². The van der Waals surface area contributed by atoms with Crippen LogP contribution in [-0.2, 0) is 6.54 Å². The number of rotatable bonds is 7. The van der Waals surface area contributed by atoms with Crippen molar-refractivity contribution in [1.82, 2.24) is 15.5 Å². The SMILES string of the molecule is CN=C(NCCN1CCCCC1C)NCc1ccc(OCC(F)(F)F)cc1. The van der Waals surface area contributed by atoms with Crippen molar-refractivity contribution in [3.8, 4) is 5.75 Å². The van der Waals surface area contributed by atoms with Crippen LogP contribution in [0.5, 0.6) is 5.75 Å². The number of alkyl halides is 3. The summed E-state index contributed by atoms with van der Waals surface area (Å²) >= 11 is 0. The van der Waals surface area contributed by atoms with Crippen molar-refractivity contribution in [3.05, 3.63) is 29.8 Å². The molecule has 2 rings (SSSR count). The summed E-state index contributed by atoms with van der Waals surface area (Å²) in [6.07, 6.45) is -0.492. The van der Waals surface area contributed by atoms with Gasteiger partial charge in [0.25, 0.3) is 0 Å². The lowest BCUT2D eigenvalue weighted by molar-refractivity contribution is -0.153. The van der Waals surface area contributed by atoms with Crippen LogP contribution in [0.25, 0.3) is 0 Å². The highest BCUT2D eigenvalue weighted by Crippen LogP contribution is 2.19. The molecule has 0 radical (unpaired) electrons. The van der Waals surface area contributed by atoms with Gasteiger partial charge in [-0.15, -0.1) is 0 Å². The molecule has 1 aliphatic heterocycles. The smallest absolute Gasteiger partial charge is 0.422 e. The molecular formula is C19H29F3N4O. The monoisotopic (exact) mass is 386 g/mol. The predicted molar refractivity (Wildman–Crippen MR) is 101 cm³/mol. The Bertz CT molecular complexity index is 590. The van der Waals surface area contributed by atoms with E-state index in [0.717, 1.165) is 25.2 Å². The van der Waals surface area contributed by atoms with Crippen LogP contribution in [0.1, 0.15) is 31.7 Å². The van der Waals surface area contributed by atoms with Gasteiger partial charge in [0, 0.05) is 32.7 Å². The zero-order chi connectivity index (χ0) is 19.7. The topological polar surface area (TPSA) is 48.9 Å². The minimum Gasteiger partial charge on any atom is -0.484 e. The zero-order valence-electron chi connectivity index (χ0n) is 16.0. The molecule has 152 valence electrons. The molecule has 1 fully saturated rings. The van der Waals surface area contributed by atoms with Gasteiger partial charge in [-0.1, -0.05) is 18.6 Å². The minimum atomic E-state index is -4.33. The van der Waals surface area contributed by atoms with E-state index in [9.17, 15) is 13.2 Å². The molecule has 0 saturated carbocycles. The average Bonchev–Trinajstić information content (AvgIpc) is 2.64. The molecule has 1 heterocycles. The Morgan fingerprint density at radius 1 is 1.22 bits per heavy atom. The fourth-order valence-electron chi connectivity index (χ4n) is 3.08. The maximum Gasteiger partial charge on any atom is 0.422 e. The van der Waals surface area contributed by atoms with Crippen LogP contribution in [0.3, 0.4) is 0 Å². The molecule has 1 saturated heterocycles.